The molecule has 0 aromatic heterocycles. The van der Waals surface area contributed by atoms with Crippen molar-refractivity contribution in [3.05, 3.63) is 56.6 Å². The lowest BCUT2D eigenvalue weighted by atomic mass is 10.1. The second-order valence-corrected chi connectivity index (χ2v) is 9.21. The van der Waals surface area contributed by atoms with Crippen LogP contribution in [-0.4, -0.2) is 44.9 Å². The van der Waals surface area contributed by atoms with Gasteiger partial charge in [-0.25, -0.2) is 26.0 Å². The molecule has 0 spiro atoms. The van der Waals surface area contributed by atoms with E-state index in [1.807, 2.05) is 0 Å². The zero-order valence-electron chi connectivity index (χ0n) is 15.7. The predicted octanol–water partition coefficient (Wildman–Crippen LogP) is 4.13. The molecule has 0 unspecified atom stereocenters. The minimum absolute atomic E-state index is 0.0490. The van der Waals surface area contributed by atoms with Gasteiger partial charge >= 0.3 is 0 Å². The Hall–Kier alpha value is -1.92. The molecule has 1 saturated heterocycles. The van der Waals surface area contributed by atoms with Crippen molar-refractivity contribution in [2.24, 2.45) is 0 Å². The van der Waals surface area contributed by atoms with Crippen molar-refractivity contribution < 1.29 is 35.5 Å². The number of benzene rings is 2. The van der Waals surface area contributed by atoms with E-state index in [9.17, 15) is 30.8 Å². The highest BCUT2D eigenvalue weighted by molar-refractivity contribution is 7.89. The Labute approximate surface area is 184 Å². The van der Waals surface area contributed by atoms with Crippen LogP contribution in [-0.2, 0) is 14.8 Å². The monoisotopic (exact) mass is 500 g/mol. The third-order valence-electron chi connectivity index (χ3n) is 4.58. The molecule has 6 nitrogen and oxygen atoms in total. The van der Waals surface area contributed by atoms with Crippen LogP contribution in [0.3, 0.4) is 0 Å². The maximum atomic E-state index is 14.2. The van der Waals surface area contributed by atoms with Crippen molar-refractivity contribution >= 4 is 44.8 Å². The Bertz CT molecular complexity index is 1140. The lowest BCUT2D eigenvalue weighted by Gasteiger charge is -2.26. The lowest BCUT2D eigenvalue weighted by molar-refractivity contribution is 0.0730. The number of carbonyl (C=O) groups excluding carboxylic acids is 1. The van der Waals surface area contributed by atoms with Crippen molar-refractivity contribution in [1.82, 2.24) is 4.31 Å². The number of ether oxygens (including phenoxy) is 1. The van der Waals surface area contributed by atoms with E-state index in [-0.39, 0.29) is 36.3 Å². The number of morpholine rings is 1. The zero-order valence-corrected chi connectivity index (χ0v) is 18.1. The summed E-state index contributed by atoms with van der Waals surface area (Å²) in [4.78, 5) is 12.1. The molecule has 1 N–H and O–H groups in total. The lowest BCUT2D eigenvalue weighted by Crippen LogP contribution is -2.40. The number of nitrogens with one attached hydrogen (secondary N) is 1. The summed E-state index contributed by atoms with van der Waals surface area (Å²) in [6.07, 6.45) is 0. The molecule has 31 heavy (non-hydrogen) atoms. The molecule has 168 valence electrons. The number of hydrogen-bond acceptors (Lipinski definition) is 4. The van der Waals surface area contributed by atoms with E-state index in [1.165, 1.54) is 0 Å². The van der Waals surface area contributed by atoms with Crippen LogP contribution in [0.4, 0.5) is 23.2 Å². The van der Waals surface area contributed by atoms with Gasteiger partial charge in [-0.15, -0.1) is 0 Å². The van der Waals surface area contributed by atoms with Crippen LogP contribution in [0.15, 0.2) is 17.0 Å². The normalized spacial score (nSPS) is 15.2. The number of carbonyl (C=O) groups is 1. The van der Waals surface area contributed by atoms with E-state index in [0.29, 0.717) is 0 Å². The molecule has 1 heterocycles. The third kappa shape index (κ3) is 4.37. The number of halogens is 6. The Morgan fingerprint density at radius 2 is 1.61 bits per heavy atom. The number of sulfonamides is 1. The molecule has 0 atom stereocenters. The van der Waals surface area contributed by atoms with E-state index in [4.69, 9.17) is 27.9 Å². The quantitative estimate of drug-likeness (QED) is 0.389. The van der Waals surface area contributed by atoms with Gasteiger partial charge < -0.3 is 10.1 Å². The van der Waals surface area contributed by atoms with Crippen molar-refractivity contribution in [3.63, 3.8) is 0 Å². The van der Waals surface area contributed by atoms with Crippen LogP contribution in [0.25, 0.3) is 0 Å². The Morgan fingerprint density at radius 1 is 1.00 bits per heavy atom. The number of hydrogen-bond donors (Lipinski definition) is 1. The summed E-state index contributed by atoms with van der Waals surface area (Å²) >= 11 is 12.0. The average molecular weight is 501 g/mol. The standard InChI is InChI=1S/C18H14Cl2F4N2O4S/c1-8-13(21)15(23)16(24)17(14(8)22)25-18(27)9-6-12(11(20)7-10(9)19)31(28,29)26-2-4-30-5-3-26/h6-7H,2-5H2,1H3,(H,25,27). The average Bonchev–Trinajstić information content (AvgIpc) is 2.74. The zero-order chi connectivity index (χ0) is 23.1. The first-order chi connectivity index (χ1) is 14.5. The van der Waals surface area contributed by atoms with Gasteiger partial charge in [0.05, 0.1) is 28.8 Å². The second-order valence-electron chi connectivity index (χ2n) is 6.49. The van der Waals surface area contributed by atoms with E-state index in [0.717, 1.165) is 23.4 Å². The van der Waals surface area contributed by atoms with E-state index >= 15 is 0 Å². The van der Waals surface area contributed by atoms with Crippen LogP contribution < -0.4 is 5.32 Å². The molecule has 0 saturated carbocycles. The summed E-state index contributed by atoms with van der Waals surface area (Å²) < 4.78 is 87.3. The van der Waals surface area contributed by atoms with Crippen LogP contribution in [0.5, 0.6) is 0 Å². The highest BCUT2D eigenvalue weighted by Gasteiger charge is 2.31. The van der Waals surface area contributed by atoms with Crippen LogP contribution >= 0.6 is 23.2 Å². The molecule has 0 aliphatic carbocycles. The molecule has 1 fully saturated rings. The molecule has 1 amide bonds. The van der Waals surface area contributed by atoms with Crippen molar-refractivity contribution in [1.29, 1.82) is 0 Å². The fourth-order valence-electron chi connectivity index (χ4n) is 2.87. The van der Waals surface area contributed by atoms with Crippen molar-refractivity contribution in [3.8, 4) is 0 Å². The molecule has 0 radical (unpaired) electrons. The van der Waals surface area contributed by atoms with Gasteiger partial charge in [0.25, 0.3) is 5.91 Å². The topological polar surface area (TPSA) is 75.7 Å². The Kier molecular flexibility index (Phi) is 6.82. The maximum absolute atomic E-state index is 14.2. The maximum Gasteiger partial charge on any atom is 0.257 e. The number of nitrogens with zero attached hydrogens (tertiary/aromatic N) is 1. The first kappa shape index (κ1) is 23.7. The van der Waals surface area contributed by atoms with Gasteiger partial charge in [0.15, 0.2) is 23.3 Å². The Morgan fingerprint density at radius 3 is 2.23 bits per heavy atom. The predicted molar refractivity (Wildman–Crippen MR) is 105 cm³/mol. The van der Waals surface area contributed by atoms with Gasteiger partial charge in [0.2, 0.25) is 10.0 Å². The molecular weight excluding hydrogens is 487 g/mol. The molecule has 1 aliphatic heterocycles. The molecule has 1 aliphatic rings. The van der Waals surface area contributed by atoms with Crippen molar-refractivity contribution in [2.75, 3.05) is 31.6 Å². The summed E-state index contributed by atoms with van der Waals surface area (Å²) in [5, 5.41) is 1.16. The fourth-order valence-corrected chi connectivity index (χ4v) is 5.11. The number of rotatable bonds is 4. The minimum atomic E-state index is -4.15. The smallest absolute Gasteiger partial charge is 0.257 e. The largest absolute Gasteiger partial charge is 0.379 e. The van der Waals surface area contributed by atoms with Gasteiger partial charge in [0, 0.05) is 18.7 Å². The summed E-state index contributed by atoms with van der Waals surface area (Å²) in [5.41, 5.74) is -2.60. The summed E-state index contributed by atoms with van der Waals surface area (Å²) in [6, 6.07) is 1.82. The molecule has 3 rings (SSSR count). The highest BCUT2D eigenvalue weighted by Crippen LogP contribution is 2.33. The molecular formula is C18H14Cl2F4N2O4S. The van der Waals surface area contributed by atoms with E-state index in [2.05, 4.69) is 0 Å². The Balaban J connectivity index is 2.03. The molecule has 13 heteroatoms. The van der Waals surface area contributed by atoms with E-state index in [1.54, 1.807) is 5.32 Å². The molecule has 2 aromatic rings. The summed E-state index contributed by atoms with van der Waals surface area (Å²) in [7, 11) is -4.15. The van der Waals surface area contributed by atoms with Crippen LogP contribution in [0.2, 0.25) is 10.0 Å². The number of amides is 1. The van der Waals surface area contributed by atoms with Crippen LogP contribution in [0.1, 0.15) is 15.9 Å². The summed E-state index contributed by atoms with van der Waals surface area (Å²) in [6.45, 7) is 1.27. The fraction of sp³-hybridized carbons (Fsp3) is 0.278. The minimum Gasteiger partial charge on any atom is -0.379 e. The highest BCUT2D eigenvalue weighted by atomic mass is 35.5. The van der Waals surface area contributed by atoms with Crippen molar-refractivity contribution in [2.45, 2.75) is 11.8 Å². The van der Waals surface area contributed by atoms with Crippen LogP contribution in [0, 0.1) is 30.2 Å². The van der Waals surface area contributed by atoms with Gasteiger partial charge in [0.1, 0.15) is 10.6 Å². The van der Waals surface area contributed by atoms with Gasteiger partial charge in [-0.2, -0.15) is 4.31 Å². The van der Waals surface area contributed by atoms with E-state index < -0.39 is 60.9 Å². The van der Waals surface area contributed by atoms with Gasteiger partial charge in [-0.1, -0.05) is 23.2 Å². The molecule has 0 bridgehead atoms. The first-order valence-electron chi connectivity index (χ1n) is 8.67. The first-order valence-corrected chi connectivity index (χ1v) is 10.9. The second kappa shape index (κ2) is 8.91. The third-order valence-corrected chi connectivity index (χ3v) is 7.25. The van der Waals surface area contributed by atoms with Gasteiger partial charge in [-0.3, -0.25) is 4.79 Å². The number of anilines is 1. The molecule has 2 aromatic carbocycles. The SMILES string of the molecule is Cc1c(F)c(F)c(F)c(NC(=O)c2cc(S(=O)(=O)N3CCOCC3)c(Cl)cc2Cl)c1F. The summed E-state index contributed by atoms with van der Waals surface area (Å²) in [5.74, 6) is -8.47. The van der Waals surface area contributed by atoms with Gasteiger partial charge in [-0.05, 0) is 19.1 Å².